The Morgan fingerprint density at radius 1 is 1.22 bits per heavy atom. The Balaban J connectivity index is 0.00000182. The maximum Gasteiger partial charge on any atom is 0.221 e. The molecule has 6 nitrogen and oxygen atoms in total. The number of hydrogen-bond acceptors (Lipinski definition) is 5. The maximum absolute atomic E-state index is 12.3. The molecule has 0 aromatic heterocycles. The van der Waals surface area contributed by atoms with E-state index in [1.807, 2.05) is 24.3 Å². The molecule has 9 heteroatoms. The van der Waals surface area contributed by atoms with Crippen LogP contribution in [0.2, 0.25) is 5.02 Å². The molecule has 2 atom stereocenters. The largest absolute Gasteiger partial charge is 0.379 e. The van der Waals surface area contributed by atoms with E-state index in [-0.39, 0.29) is 42.8 Å². The summed E-state index contributed by atoms with van der Waals surface area (Å²) in [6.45, 7) is 5.72. The molecule has 0 aliphatic carbocycles. The van der Waals surface area contributed by atoms with Crippen molar-refractivity contribution in [3.05, 3.63) is 34.9 Å². The molecule has 2 aliphatic rings. The molecule has 2 fully saturated rings. The van der Waals surface area contributed by atoms with Crippen LogP contribution >= 0.6 is 36.4 Å². The molecule has 0 spiro atoms. The molecule has 0 bridgehead atoms. The van der Waals surface area contributed by atoms with Gasteiger partial charge in [-0.05, 0) is 11.6 Å². The lowest BCUT2D eigenvalue weighted by atomic mass is 10.0. The van der Waals surface area contributed by atoms with E-state index in [2.05, 4.69) is 15.5 Å². The number of benzene rings is 1. The zero-order valence-electron chi connectivity index (χ0n) is 15.2. The van der Waals surface area contributed by atoms with Crippen molar-refractivity contribution in [2.75, 3.05) is 52.6 Å². The number of amides is 1. The van der Waals surface area contributed by atoms with Crippen LogP contribution in [0.3, 0.4) is 0 Å². The van der Waals surface area contributed by atoms with Gasteiger partial charge in [0.15, 0.2) is 0 Å². The number of morpholine rings is 2. The Bertz CT molecular complexity index is 568. The highest BCUT2D eigenvalue weighted by molar-refractivity contribution is 6.31. The molecule has 0 radical (unpaired) electrons. The summed E-state index contributed by atoms with van der Waals surface area (Å²) < 4.78 is 10.9. The lowest BCUT2D eigenvalue weighted by molar-refractivity contribution is -0.122. The van der Waals surface area contributed by atoms with Gasteiger partial charge >= 0.3 is 0 Å². The van der Waals surface area contributed by atoms with Gasteiger partial charge in [0.25, 0.3) is 0 Å². The van der Waals surface area contributed by atoms with E-state index in [9.17, 15) is 4.79 Å². The topological polar surface area (TPSA) is 62.8 Å². The monoisotopic (exact) mass is 439 g/mol. The lowest BCUT2D eigenvalue weighted by Crippen LogP contribution is -2.46. The third kappa shape index (κ3) is 7.38. The number of carbonyl (C=O) groups is 1. The summed E-state index contributed by atoms with van der Waals surface area (Å²) in [7, 11) is 0. The number of ether oxygens (including phenoxy) is 2. The molecular weight excluding hydrogens is 413 g/mol. The van der Waals surface area contributed by atoms with Crippen LogP contribution in [-0.4, -0.2) is 69.5 Å². The first-order valence-corrected chi connectivity index (χ1v) is 9.26. The summed E-state index contributed by atoms with van der Waals surface area (Å²) in [4.78, 5) is 14.7. The summed E-state index contributed by atoms with van der Waals surface area (Å²) in [6, 6.07) is 7.99. The van der Waals surface area contributed by atoms with Crippen molar-refractivity contribution < 1.29 is 14.3 Å². The number of rotatable bonds is 6. The molecule has 2 unspecified atom stereocenters. The molecule has 0 saturated carbocycles. The minimum Gasteiger partial charge on any atom is -0.379 e. The molecule has 3 rings (SSSR count). The van der Waals surface area contributed by atoms with Crippen LogP contribution in [0, 0.1) is 0 Å². The average molecular weight is 441 g/mol. The maximum atomic E-state index is 12.3. The molecule has 1 aromatic carbocycles. The predicted octanol–water partition coefficient (Wildman–Crippen LogP) is 2.05. The molecule has 2 saturated heterocycles. The lowest BCUT2D eigenvalue weighted by Gasteiger charge is -2.35. The fraction of sp³-hybridized carbons (Fsp3) is 0.611. The minimum atomic E-state index is 0. The van der Waals surface area contributed by atoms with Gasteiger partial charge in [-0.25, -0.2) is 0 Å². The Hall–Kier alpha value is -0.600. The van der Waals surface area contributed by atoms with Crippen LogP contribution in [0.1, 0.15) is 18.0 Å². The second-order valence-corrected chi connectivity index (χ2v) is 6.83. The minimum absolute atomic E-state index is 0. The number of halogens is 3. The SMILES string of the molecule is Cl.Cl.O=C(CC1COCCN1)NCC(c1ccccc1Cl)N1CCOCC1. The number of hydrogen-bond donors (Lipinski definition) is 2. The molecule has 2 N–H and O–H groups in total. The number of nitrogens with one attached hydrogen (secondary N) is 2. The standard InChI is InChI=1S/C18H26ClN3O3.2ClH/c19-16-4-2-1-3-15(16)17(22-6-9-24-10-7-22)12-21-18(23)11-14-13-25-8-5-20-14;;/h1-4,14,17,20H,5-13H2,(H,21,23);2*1H. The summed E-state index contributed by atoms with van der Waals surface area (Å²) in [5.41, 5.74) is 1.05. The van der Waals surface area contributed by atoms with E-state index in [0.29, 0.717) is 39.4 Å². The molecule has 27 heavy (non-hydrogen) atoms. The average Bonchev–Trinajstić information content (AvgIpc) is 2.65. The van der Waals surface area contributed by atoms with Crippen molar-refractivity contribution in [3.63, 3.8) is 0 Å². The molecule has 2 aliphatic heterocycles. The third-order valence-electron chi connectivity index (χ3n) is 4.67. The van der Waals surface area contributed by atoms with Gasteiger partial charge in [0, 0.05) is 43.7 Å². The normalized spacial score (nSPS) is 21.4. The van der Waals surface area contributed by atoms with Crippen molar-refractivity contribution in [1.29, 1.82) is 0 Å². The van der Waals surface area contributed by atoms with E-state index < -0.39 is 0 Å². The third-order valence-corrected chi connectivity index (χ3v) is 5.02. The van der Waals surface area contributed by atoms with Crippen molar-refractivity contribution in [3.8, 4) is 0 Å². The summed E-state index contributed by atoms with van der Waals surface area (Å²) in [5.74, 6) is 0.0355. The second-order valence-electron chi connectivity index (χ2n) is 6.42. The van der Waals surface area contributed by atoms with Crippen LogP contribution < -0.4 is 10.6 Å². The van der Waals surface area contributed by atoms with E-state index in [0.717, 1.165) is 30.2 Å². The number of nitrogens with zero attached hydrogens (tertiary/aromatic N) is 1. The molecular formula is C18H28Cl3N3O3. The summed E-state index contributed by atoms with van der Waals surface area (Å²) in [5, 5.41) is 7.12. The molecule has 2 heterocycles. The van der Waals surface area contributed by atoms with Gasteiger partial charge in [0.05, 0.1) is 32.5 Å². The molecule has 1 amide bonds. The highest BCUT2D eigenvalue weighted by atomic mass is 35.5. The predicted molar refractivity (Wildman–Crippen MR) is 111 cm³/mol. The van der Waals surface area contributed by atoms with Crippen LogP contribution in [0.4, 0.5) is 0 Å². The molecule has 154 valence electrons. The van der Waals surface area contributed by atoms with Gasteiger partial charge in [0.2, 0.25) is 5.91 Å². The van der Waals surface area contributed by atoms with E-state index in [4.69, 9.17) is 21.1 Å². The fourth-order valence-electron chi connectivity index (χ4n) is 3.33. The van der Waals surface area contributed by atoms with Gasteiger partial charge in [-0.15, -0.1) is 24.8 Å². The Morgan fingerprint density at radius 2 is 1.96 bits per heavy atom. The van der Waals surface area contributed by atoms with Crippen molar-refractivity contribution in [2.24, 2.45) is 0 Å². The Morgan fingerprint density at radius 3 is 2.63 bits per heavy atom. The molecule has 1 aromatic rings. The summed E-state index contributed by atoms with van der Waals surface area (Å²) >= 11 is 6.41. The van der Waals surface area contributed by atoms with Gasteiger partial charge in [-0.2, -0.15) is 0 Å². The first kappa shape index (κ1) is 24.4. The van der Waals surface area contributed by atoms with Crippen LogP contribution in [0.15, 0.2) is 24.3 Å². The quantitative estimate of drug-likeness (QED) is 0.709. The van der Waals surface area contributed by atoms with E-state index in [1.165, 1.54) is 0 Å². The zero-order chi connectivity index (χ0) is 17.5. The first-order valence-electron chi connectivity index (χ1n) is 8.88. The Kier molecular flexibility index (Phi) is 11.6. The zero-order valence-corrected chi connectivity index (χ0v) is 17.6. The van der Waals surface area contributed by atoms with Crippen LogP contribution in [0.5, 0.6) is 0 Å². The fourth-order valence-corrected chi connectivity index (χ4v) is 3.59. The van der Waals surface area contributed by atoms with E-state index >= 15 is 0 Å². The van der Waals surface area contributed by atoms with Gasteiger partial charge < -0.3 is 20.1 Å². The number of carbonyl (C=O) groups excluding carboxylic acids is 1. The highest BCUT2D eigenvalue weighted by Crippen LogP contribution is 2.27. The van der Waals surface area contributed by atoms with Crippen LogP contribution in [0.25, 0.3) is 0 Å². The van der Waals surface area contributed by atoms with Gasteiger partial charge in [-0.3, -0.25) is 9.69 Å². The second kappa shape index (κ2) is 12.8. The van der Waals surface area contributed by atoms with Gasteiger partial charge in [-0.1, -0.05) is 29.8 Å². The van der Waals surface area contributed by atoms with Crippen molar-refractivity contribution >= 4 is 42.3 Å². The van der Waals surface area contributed by atoms with Crippen LogP contribution in [-0.2, 0) is 14.3 Å². The first-order chi connectivity index (χ1) is 12.2. The van der Waals surface area contributed by atoms with Crippen molar-refractivity contribution in [2.45, 2.75) is 18.5 Å². The van der Waals surface area contributed by atoms with Gasteiger partial charge in [0.1, 0.15) is 0 Å². The van der Waals surface area contributed by atoms with E-state index in [1.54, 1.807) is 0 Å². The Labute approximate surface area is 178 Å². The van der Waals surface area contributed by atoms with Crippen molar-refractivity contribution in [1.82, 2.24) is 15.5 Å². The smallest absolute Gasteiger partial charge is 0.221 e. The highest BCUT2D eigenvalue weighted by Gasteiger charge is 2.25. The summed E-state index contributed by atoms with van der Waals surface area (Å²) in [6.07, 6.45) is 0.429.